The Morgan fingerprint density at radius 1 is 0.952 bits per heavy atom. The molecule has 3 rings (SSSR count). The zero-order chi connectivity index (χ0) is 14.7. The number of benzene rings is 2. The maximum Gasteiger partial charge on any atom is 0.156 e. The summed E-state index contributed by atoms with van der Waals surface area (Å²) in [6.07, 6.45) is 0. The Morgan fingerprint density at radius 2 is 1.67 bits per heavy atom. The maximum atomic E-state index is 13.1. The lowest BCUT2D eigenvalue weighted by Crippen LogP contribution is -2.08. The third kappa shape index (κ3) is 2.68. The van der Waals surface area contributed by atoms with Crippen LogP contribution in [0.15, 0.2) is 48.5 Å². The molecule has 2 aromatic carbocycles. The number of halogens is 1. The Kier molecular flexibility index (Phi) is 3.75. The number of nitrogens with one attached hydrogen (secondary N) is 1. The smallest absolute Gasteiger partial charge is 0.156 e. The molecule has 0 saturated heterocycles. The molecule has 0 aliphatic heterocycles. The Hall–Kier alpha value is -2.53. The van der Waals surface area contributed by atoms with E-state index < -0.39 is 0 Å². The lowest BCUT2D eigenvalue weighted by atomic mass is 10.0. The lowest BCUT2D eigenvalue weighted by Gasteiger charge is -2.10. The summed E-state index contributed by atoms with van der Waals surface area (Å²) in [7, 11) is 0. The van der Waals surface area contributed by atoms with Crippen molar-refractivity contribution in [3.63, 3.8) is 0 Å². The van der Waals surface area contributed by atoms with Gasteiger partial charge in [0.1, 0.15) is 11.5 Å². The third-order valence-electron chi connectivity index (χ3n) is 3.21. The predicted octanol–water partition coefficient (Wildman–Crippen LogP) is 2.84. The molecule has 1 aromatic heterocycles. The fourth-order valence-corrected chi connectivity index (χ4v) is 2.23. The van der Waals surface area contributed by atoms with Crippen LogP contribution >= 0.6 is 0 Å². The van der Waals surface area contributed by atoms with Crippen LogP contribution in [0.1, 0.15) is 0 Å². The highest BCUT2D eigenvalue weighted by Crippen LogP contribution is 2.29. The first kappa shape index (κ1) is 13.5. The molecule has 0 fully saturated rings. The van der Waals surface area contributed by atoms with Gasteiger partial charge in [0, 0.05) is 22.9 Å². The molecule has 0 bridgehead atoms. The van der Waals surface area contributed by atoms with Crippen molar-refractivity contribution in [3.8, 4) is 11.3 Å². The van der Waals surface area contributed by atoms with Gasteiger partial charge < -0.3 is 10.4 Å². The summed E-state index contributed by atoms with van der Waals surface area (Å²) >= 11 is 0. The van der Waals surface area contributed by atoms with Crippen LogP contribution in [0.25, 0.3) is 22.0 Å². The number of hydrogen-bond donors (Lipinski definition) is 2. The SMILES string of the molecule is OCCNc1nnc(-c2ccc(F)cc2)c2ccccc12. The zero-order valence-corrected chi connectivity index (χ0v) is 11.3. The second kappa shape index (κ2) is 5.85. The average Bonchev–Trinajstić information content (AvgIpc) is 2.53. The molecule has 1 heterocycles. The molecule has 3 aromatic rings. The molecule has 0 unspecified atom stereocenters. The van der Waals surface area contributed by atoms with Gasteiger partial charge in [0.05, 0.1) is 6.61 Å². The number of aromatic nitrogens is 2. The first-order chi connectivity index (χ1) is 10.3. The molecule has 0 aliphatic carbocycles. The molecule has 0 atom stereocenters. The molecule has 5 heteroatoms. The number of nitrogens with zero attached hydrogens (tertiary/aromatic N) is 2. The van der Waals surface area contributed by atoms with Crippen LogP contribution in [0, 0.1) is 5.82 Å². The molecule has 0 amide bonds. The maximum absolute atomic E-state index is 13.1. The third-order valence-corrected chi connectivity index (χ3v) is 3.21. The Morgan fingerprint density at radius 3 is 2.38 bits per heavy atom. The molecule has 0 spiro atoms. The van der Waals surface area contributed by atoms with E-state index >= 15 is 0 Å². The van der Waals surface area contributed by atoms with Crippen molar-refractivity contribution in [1.82, 2.24) is 10.2 Å². The Labute approximate surface area is 121 Å². The summed E-state index contributed by atoms with van der Waals surface area (Å²) in [6.45, 7) is 0.435. The Bertz CT molecular complexity index is 759. The minimum atomic E-state index is -0.280. The highest BCUT2D eigenvalue weighted by molar-refractivity contribution is 5.99. The first-order valence-corrected chi connectivity index (χ1v) is 6.65. The topological polar surface area (TPSA) is 58.0 Å². The normalized spacial score (nSPS) is 10.8. The monoisotopic (exact) mass is 283 g/mol. The fraction of sp³-hybridized carbons (Fsp3) is 0.125. The molecule has 2 N–H and O–H groups in total. The lowest BCUT2D eigenvalue weighted by molar-refractivity contribution is 0.311. The van der Waals surface area contributed by atoms with Crippen molar-refractivity contribution in [1.29, 1.82) is 0 Å². The molecular weight excluding hydrogens is 269 g/mol. The van der Waals surface area contributed by atoms with Gasteiger partial charge in [0.2, 0.25) is 0 Å². The van der Waals surface area contributed by atoms with E-state index in [9.17, 15) is 4.39 Å². The quantitative estimate of drug-likeness (QED) is 0.773. The zero-order valence-electron chi connectivity index (χ0n) is 11.3. The minimum Gasteiger partial charge on any atom is -0.395 e. The average molecular weight is 283 g/mol. The van der Waals surface area contributed by atoms with E-state index in [-0.39, 0.29) is 12.4 Å². The van der Waals surface area contributed by atoms with Crippen molar-refractivity contribution in [3.05, 3.63) is 54.3 Å². The molecule has 0 saturated carbocycles. The van der Waals surface area contributed by atoms with Gasteiger partial charge in [-0.15, -0.1) is 10.2 Å². The summed E-state index contributed by atoms with van der Waals surface area (Å²) in [6, 6.07) is 13.9. The number of hydrogen-bond acceptors (Lipinski definition) is 4. The molecule has 21 heavy (non-hydrogen) atoms. The van der Waals surface area contributed by atoms with Gasteiger partial charge in [-0.2, -0.15) is 0 Å². The predicted molar refractivity (Wildman–Crippen MR) is 80.5 cm³/mol. The minimum absolute atomic E-state index is 0.0235. The van der Waals surface area contributed by atoms with Crippen molar-refractivity contribution < 1.29 is 9.50 Å². The summed E-state index contributed by atoms with van der Waals surface area (Å²) in [5, 5.41) is 22.2. The van der Waals surface area contributed by atoms with E-state index in [1.165, 1.54) is 12.1 Å². The first-order valence-electron chi connectivity index (χ1n) is 6.65. The highest BCUT2D eigenvalue weighted by atomic mass is 19.1. The van der Waals surface area contributed by atoms with Crippen LogP contribution in [-0.2, 0) is 0 Å². The molecule has 0 radical (unpaired) electrons. The summed E-state index contributed by atoms with van der Waals surface area (Å²) in [5.74, 6) is 0.350. The van der Waals surface area contributed by atoms with E-state index in [0.717, 1.165) is 16.3 Å². The van der Waals surface area contributed by atoms with E-state index in [1.54, 1.807) is 12.1 Å². The van der Waals surface area contributed by atoms with Gasteiger partial charge >= 0.3 is 0 Å². The molecule has 0 aliphatic rings. The van der Waals surface area contributed by atoms with Crippen molar-refractivity contribution in [2.75, 3.05) is 18.5 Å². The van der Waals surface area contributed by atoms with Crippen LogP contribution in [0.2, 0.25) is 0 Å². The van der Waals surface area contributed by atoms with Gasteiger partial charge in [-0.1, -0.05) is 24.3 Å². The number of fused-ring (bicyclic) bond motifs is 1. The van der Waals surface area contributed by atoms with Crippen LogP contribution < -0.4 is 5.32 Å². The van der Waals surface area contributed by atoms with Crippen molar-refractivity contribution >= 4 is 16.6 Å². The second-order valence-electron chi connectivity index (χ2n) is 4.60. The number of rotatable bonds is 4. The van der Waals surface area contributed by atoms with Gasteiger partial charge in [0.25, 0.3) is 0 Å². The van der Waals surface area contributed by atoms with E-state index in [0.29, 0.717) is 18.1 Å². The van der Waals surface area contributed by atoms with E-state index in [1.807, 2.05) is 24.3 Å². The summed E-state index contributed by atoms with van der Waals surface area (Å²) < 4.78 is 13.1. The van der Waals surface area contributed by atoms with Gasteiger partial charge in [-0.05, 0) is 24.3 Å². The number of aliphatic hydroxyl groups excluding tert-OH is 1. The number of anilines is 1. The largest absolute Gasteiger partial charge is 0.395 e. The molecule has 106 valence electrons. The van der Waals surface area contributed by atoms with E-state index in [4.69, 9.17) is 5.11 Å². The number of aliphatic hydroxyl groups is 1. The van der Waals surface area contributed by atoms with Crippen LogP contribution in [0.5, 0.6) is 0 Å². The Balaban J connectivity index is 2.14. The molecular formula is C16H14FN3O. The van der Waals surface area contributed by atoms with Crippen molar-refractivity contribution in [2.24, 2.45) is 0 Å². The van der Waals surface area contributed by atoms with Gasteiger partial charge in [-0.3, -0.25) is 0 Å². The van der Waals surface area contributed by atoms with Crippen LogP contribution in [0.4, 0.5) is 10.2 Å². The summed E-state index contributed by atoms with van der Waals surface area (Å²) in [4.78, 5) is 0. The van der Waals surface area contributed by atoms with Crippen molar-refractivity contribution in [2.45, 2.75) is 0 Å². The van der Waals surface area contributed by atoms with Gasteiger partial charge in [-0.25, -0.2) is 4.39 Å². The summed E-state index contributed by atoms with van der Waals surface area (Å²) in [5.41, 5.74) is 1.52. The van der Waals surface area contributed by atoms with Crippen LogP contribution in [0.3, 0.4) is 0 Å². The second-order valence-corrected chi connectivity index (χ2v) is 4.60. The molecule has 4 nitrogen and oxygen atoms in total. The van der Waals surface area contributed by atoms with Gasteiger partial charge in [0.15, 0.2) is 5.82 Å². The fourth-order valence-electron chi connectivity index (χ4n) is 2.23. The standard InChI is InChI=1S/C16H14FN3O/c17-12-7-5-11(6-8-12)15-13-3-1-2-4-14(13)16(20-19-15)18-9-10-21/h1-8,21H,9-10H2,(H,18,20). The highest BCUT2D eigenvalue weighted by Gasteiger charge is 2.10. The van der Waals surface area contributed by atoms with E-state index in [2.05, 4.69) is 15.5 Å². The van der Waals surface area contributed by atoms with Crippen LogP contribution in [-0.4, -0.2) is 28.5 Å².